The monoisotopic (exact) mass is 533 g/mol. The van der Waals surface area contributed by atoms with Crippen LogP contribution in [0.1, 0.15) is 38.3 Å². The topological polar surface area (TPSA) is 90.0 Å². The number of H-pyrrole nitrogens is 1. The Balaban J connectivity index is 1.34. The van der Waals surface area contributed by atoms with Crippen molar-refractivity contribution in [2.75, 3.05) is 38.5 Å². The Bertz CT molecular complexity index is 1580. The molecule has 2 N–H and O–H groups in total. The van der Waals surface area contributed by atoms with Gasteiger partial charge in [0.15, 0.2) is 5.65 Å². The Morgan fingerprint density at radius 1 is 1.08 bits per heavy atom. The van der Waals surface area contributed by atoms with Gasteiger partial charge in [-0.1, -0.05) is 18.1 Å². The lowest BCUT2D eigenvalue weighted by molar-refractivity contribution is -0.138. The number of alkyl halides is 3. The Morgan fingerprint density at radius 3 is 2.64 bits per heavy atom. The van der Waals surface area contributed by atoms with E-state index in [4.69, 9.17) is 0 Å². The van der Waals surface area contributed by atoms with Crippen LogP contribution >= 0.6 is 0 Å². The molecule has 1 amide bonds. The number of carbonyl (C=O) groups excluding carboxylic acids is 1. The normalized spacial score (nSPS) is 14.7. The third-order valence-electron chi connectivity index (χ3n) is 6.64. The van der Waals surface area contributed by atoms with E-state index < -0.39 is 17.6 Å². The first kappa shape index (κ1) is 26.3. The van der Waals surface area contributed by atoms with Gasteiger partial charge in [0, 0.05) is 49.5 Å². The molecular formula is C28H26F3N7O. The standard InChI is InChI=1S/C28H26F3N7O/c1-18-3-4-20(13-19(18)5-8-23-15-32-26-25(34-23)16-33-36-26)27(39)35-22-7-6-21(24(14-22)28(29,30)31)17-38-11-9-37(2)10-12-38/h3-4,6-7,13-16H,9-12,17H2,1-2H3,(H,35,39)(H,32,33,36). The summed E-state index contributed by atoms with van der Waals surface area (Å²) in [6.45, 7) is 5.09. The smallest absolute Gasteiger partial charge is 0.322 e. The van der Waals surface area contributed by atoms with E-state index in [2.05, 4.69) is 42.2 Å². The second-order valence-electron chi connectivity index (χ2n) is 9.54. The fraction of sp³-hybridized carbons (Fsp3) is 0.286. The molecule has 4 aromatic rings. The summed E-state index contributed by atoms with van der Waals surface area (Å²) in [6, 6.07) is 8.92. The highest BCUT2D eigenvalue weighted by Gasteiger charge is 2.34. The Kier molecular flexibility index (Phi) is 7.32. The van der Waals surface area contributed by atoms with Crippen LogP contribution in [0, 0.1) is 18.8 Å². The number of piperazine rings is 1. The summed E-state index contributed by atoms with van der Waals surface area (Å²) in [5.74, 6) is 5.41. The molecule has 0 bridgehead atoms. The number of anilines is 1. The van der Waals surface area contributed by atoms with Crippen molar-refractivity contribution in [3.63, 3.8) is 0 Å². The summed E-state index contributed by atoms with van der Waals surface area (Å²) in [7, 11) is 2.00. The van der Waals surface area contributed by atoms with Gasteiger partial charge in [0.25, 0.3) is 5.91 Å². The molecule has 0 saturated carbocycles. The zero-order valence-corrected chi connectivity index (χ0v) is 21.4. The lowest BCUT2D eigenvalue weighted by Crippen LogP contribution is -2.44. The van der Waals surface area contributed by atoms with E-state index in [0.29, 0.717) is 35.5 Å². The van der Waals surface area contributed by atoms with E-state index >= 15 is 0 Å². The minimum absolute atomic E-state index is 0.0753. The molecule has 0 unspecified atom stereocenters. The van der Waals surface area contributed by atoms with Gasteiger partial charge in [-0.05, 0) is 55.3 Å². The van der Waals surface area contributed by atoms with Crippen LogP contribution in [-0.2, 0) is 12.7 Å². The number of hydrogen-bond donors (Lipinski definition) is 2. The highest BCUT2D eigenvalue weighted by Crippen LogP contribution is 2.34. The number of likely N-dealkylation sites (N-methyl/N-ethyl adjacent to an activating group) is 1. The van der Waals surface area contributed by atoms with Crippen LogP contribution in [0.5, 0.6) is 0 Å². The predicted molar refractivity (Wildman–Crippen MR) is 141 cm³/mol. The average Bonchev–Trinajstić information content (AvgIpc) is 3.38. The Morgan fingerprint density at radius 2 is 1.87 bits per heavy atom. The van der Waals surface area contributed by atoms with Crippen LogP contribution in [0.15, 0.2) is 48.8 Å². The molecule has 11 heteroatoms. The summed E-state index contributed by atoms with van der Waals surface area (Å²) >= 11 is 0. The first-order valence-corrected chi connectivity index (χ1v) is 12.4. The summed E-state index contributed by atoms with van der Waals surface area (Å²) in [5.41, 5.74) is 2.80. The van der Waals surface area contributed by atoms with Crippen LogP contribution < -0.4 is 5.32 Å². The van der Waals surface area contributed by atoms with Crippen molar-refractivity contribution < 1.29 is 18.0 Å². The third kappa shape index (κ3) is 6.25. The third-order valence-corrected chi connectivity index (χ3v) is 6.64. The molecule has 1 saturated heterocycles. The number of aromatic nitrogens is 4. The van der Waals surface area contributed by atoms with Crippen LogP contribution in [0.3, 0.4) is 0 Å². The van der Waals surface area contributed by atoms with Gasteiger partial charge in [0.05, 0.1) is 18.0 Å². The molecule has 8 nitrogen and oxygen atoms in total. The SMILES string of the molecule is Cc1ccc(C(=O)Nc2ccc(CN3CCN(C)CC3)c(C(F)(F)F)c2)cc1C#Cc1cnc2[nH]ncc2n1. The maximum absolute atomic E-state index is 13.9. The van der Waals surface area contributed by atoms with E-state index in [1.165, 1.54) is 18.3 Å². The highest BCUT2D eigenvalue weighted by atomic mass is 19.4. The van der Waals surface area contributed by atoms with Gasteiger partial charge < -0.3 is 10.2 Å². The first-order valence-electron chi connectivity index (χ1n) is 12.4. The number of hydrogen-bond acceptors (Lipinski definition) is 6. The molecule has 3 heterocycles. The number of nitrogens with one attached hydrogen (secondary N) is 2. The van der Waals surface area contributed by atoms with Gasteiger partial charge in [0.1, 0.15) is 11.2 Å². The van der Waals surface area contributed by atoms with Crippen LogP contribution in [-0.4, -0.2) is 69.1 Å². The van der Waals surface area contributed by atoms with Gasteiger partial charge in [-0.15, -0.1) is 0 Å². The van der Waals surface area contributed by atoms with Crippen molar-refractivity contribution in [3.05, 3.63) is 82.3 Å². The first-order chi connectivity index (χ1) is 18.7. The number of nitrogens with zero attached hydrogens (tertiary/aromatic N) is 5. The van der Waals surface area contributed by atoms with Gasteiger partial charge in [-0.3, -0.25) is 14.8 Å². The molecule has 0 radical (unpaired) electrons. The highest BCUT2D eigenvalue weighted by molar-refractivity contribution is 6.04. The fourth-order valence-electron chi connectivity index (χ4n) is 4.33. The average molecular weight is 534 g/mol. The summed E-state index contributed by atoms with van der Waals surface area (Å²) in [6.07, 6.45) is -1.48. The molecule has 0 atom stereocenters. The zero-order valence-electron chi connectivity index (χ0n) is 21.4. The number of aromatic amines is 1. The molecule has 2 aromatic carbocycles. The summed E-state index contributed by atoms with van der Waals surface area (Å²) < 4.78 is 41.8. The quantitative estimate of drug-likeness (QED) is 0.385. The van der Waals surface area contributed by atoms with Crippen molar-refractivity contribution in [2.45, 2.75) is 19.6 Å². The molecule has 1 aliphatic heterocycles. The molecule has 1 fully saturated rings. The second-order valence-corrected chi connectivity index (χ2v) is 9.54. The van der Waals surface area contributed by atoms with Crippen molar-refractivity contribution in [2.24, 2.45) is 0 Å². The molecule has 1 aliphatic rings. The number of fused-ring (bicyclic) bond motifs is 1. The maximum atomic E-state index is 13.9. The van der Waals surface area contributed by atoms with Gasteiger partial charge in [0.2, 0.25) is 0 Å². The van der Waals surface area contributed by atoms with E-state index in [1.807, 2.05) is 18.9 Å². The van der Waals surface area contributed by atoms with Crippen LogP contribution in [0.2, 0.25) is 0 Å². The van der Waals surface area contributed by atoms with E-state index in [1.54, 1.807) is 24.4 Å². The predicted octanol–water partition coefficient (Wildman–Crippen LogP) is 4.08. The minimum Gasteiger partial charge on any atom is -0.322 e. The molecule has 2 aromatic heterocycles. The number of amides is 1. The maximum Gasteiger partial charge on any atom is 0.416 e. The molecule has 0 aliphatic carbocycles. The number of carbonyl (C=O) groups is 1. The van der Waals surface area contributed by atoms with Gasteiger partial charge in [-0.25, -0.2) is 9.97 Å². The van der Waals surface area contributed by atoms with E-state index in [0.717, 1.165) is 24.7 Å². The second kappa shape index (κ2) is 10.8. The molecular weight excluding hydrogens is 507 g/mol. The zero-order chi connectivity index (χ0) is 27.6. The number of rotatable bonds is 4. The molecule has 5 rings (SSSR count). The van der Waals surface area contributed by atoms with Crippen molar-refractivity contribution in [1.29, 1.82) is 0 Å². The number of benzene rings is 2. The van der Waals surface area contributed by atoms with Crippen molar-refractivity contribution in [1.82, 2.24) is 30.0 Å². The molecule has 39 heavy (non-hydrogen) atoms. The number of halogens is 3. The van der Waals surface area contributed by atoms with E-state index in [9.17, 15) is 18.0 Å². The van der Waals surface area contributed by atoms with Gasteiger partial charge in [-0.2, -0.15) is 18.3 Å². The van der Waals surface area contributed by atoms with Crippen LogP contribution in [0.25, 0.3) is 11.2 Å². The molecule has 200 valence electrons. The summed E-state index contributed by atoms with van der Waals surface area (Å²) in [4.78, 5) is 25.7. The fourth-order valence-corrected chi connectivity index (χ4v) is 4.33. The lowest BCUT2D eigenvalue weighted by Gasteiger charge is -2.33. The Hall–Kier alpha value is -4.27. The lowest BCUT2D eigenvalue weighted by atomic mass is 10.0. The Labute approximate surface area is 223 Å². The minimum atomic E-state index is -4.54. The van der Waals surface area contributed by atoms with Gasteiger partial charge >= 0.3 is 6.18 Å². The largest absolute Gasteiger partial charge is 0.416 e. The summed E-state index contributed by atoms with van der Waals surface area (Å²) in [5, 5.41) is 9.21. The van der Waals surface area contributed by atoms with Crippen molar-refractivity contribution in [3.8, 4) is 11.8 Å². The van der Waals surface area contributed by atoms with Crippen LogP contribution in [0.4, 0.5) is 18.9 Å². The van der Waals surface area contributed by atoms with Crippen molar-refractivity contribution >= 4 is 22.8 Å². The van der Waals surface area contributed by atoms with E-state index in [-0.39, 0.29) is 23.4 Å². The number of aryl methyl sites for hydroxylation is 1. The molecule has 0 spiro atoms.